The van der Waals surface area contributed by atoms with Gasteiger partial charge in [-0.3, -0.25) is 9.69 Å². The average Bonchev–Trinajstić information content (AvgIpc) is 2.42. The Bertz CT molecular complexity index is 502. The molecule has 0 aliphatic carbocycles. The van der Waals surface area contributed by atoms with E-state index in [0.29, 0.717) is 0 Å². The lowest BCUT2D eigenvalue weighted by Crippen LogP contribution is -2.50. The van der Waals surface area contributed by atoms with E-state index in [-0.39, 0.29) is 24.4 Å². The number of halogens is 2. The predicted molar refractivity (Wildman–Crippen MR) is 75.2 cm³/mol. The Labute approximate surface area is 123 Å². The van der Waals surface area contributed by atoms with E-state index in [2.05, 4.69) is 9.80 Å². The van der Waals surface area contributed by atoms with Crippen LogP contribution in [0, 0.1) is 11.6 Å². The number of hydrogen-bond donors (Lipinski definition) is 1. The van der Waals surface area contributed by atoms with Crippen LogP contribution in [0.15, 0.2) is 18.2 Å². The molecule has 1 N–H and O–H groups in total. The molecule has 1 unspecified atom stereocenters. The summed E-state index contributed by atoms with van der Waals surface area (Å²) in [6, 6.07) is 3.00. The molecule has 2 rings (SSSR count). The third-order valence-electron chi connectivity index (χ3n) is 3.93. The lowest BCUT2D eigenvalue weighted by atomic mass is 10.0. The van der Waals surface area contributed by atoms with Crippen LogP contribution in [-0.2, 0) is 11.2 Å². The van der Waals surface area contributed by atoms with Gasteiger partial charge >= 0.3 is 5.97 Å². The fraction of sp³-hybridized carbons (Fsp3) is 0.533. The number of likely N-dealkylation sites (N-methyl/N-ethyl adjacent to an activating group) is 1. The number of carboxylic acid groups (broad SMARTS) is 1. The van der Waals surface area contributed by atoms with Crippen LogP contribution in [-0.4, -0.2) is 60.1 Å². The van der Waals surface area contributed by atoms with Crippen LogP contribution in [0.2, 0.25) is 0 Å². The van der Waals surface area contributed by atoms with Gasteiger partial charge in [0.25, 0.3) is 0 Å². The zero-order chi connectivity index (χ0) is 15.4. The molecule has 1 atom stereocenters. The molecule has 116 valence electrons. The average molecular weight is 298 g/mol. The highest BCUT2D eigenvalue weighted by molar-refractivity contribution is 5.67. The Kier molecular flexibility index (Phi) is 5.25. The summed E-state index contributed by atoms with van der Waals surface area (Å²) in [7, 11) is 2.01. The van der Waals surface area contributed by atoms with Crippen molar-refractivity contribution in [2.45, 2.75) is 18.9 Å². The smallest absolute Gasteiger partial charge is 0.304 e. The molecule has 1 aromatic rings. The number of carbonyl (C=O) groups is 1. The minimum absolute atomic E-state index is 0.0698. The highest BCUT2D eigenvalue weighted by Crippen LogP contribution is 2.18. The van der Waals surface area contributed by atoms with Crippen LogP contribution in [0.5, 0.6) is 0 Å². The molecule has 0 saturated carbocycles. The topological polar surface area (TPSA) is 43.8 Å². The van der Waals surface area contributed by atoms with E-state index in [9.17, 15) is 13.6 Å². The lowest BCUT2D eigenvalue weighted by molar-refractivity contribution is -0.138. The molecule has 0 radical (unpaired) electrons. The van der Waals surface area contributed by atoms with Gasteiger partial charge < -0.3 is 10.0 Å². The van der Waals surface area contributed by atoms with Gasteiger partial charge in [0, 0.05) is 32.2 Å². The van der Waals surface area contributed by atoms with Gasteiger partial charge in [-0.05, 0) is 37.2 Å². The van der Waals surface area contributed by atoms with Gasteiger partial charge in [0.1, 0.15) is 11.6 Å². The Hall–Kier alpha value is -1.53. The molecule has 0 spiro atoms. The summed E-state index contributed by atoms with van der Waals surface area (Å²) >= 11 is 0. The predicted octanol–water partition coefficient (Wildman–Crippen LogP) is 1.60. The van der Waals surface area contributed by atoms with Crippen molar-refractivity contribution in [1.82, 2.24) is 9.80 Å². The quantitative estimate of drug-likeness (QED) is 0.897. The first-order chi connectivity index (χ1) is 9.95. The first-order valence-electron chi connectivity index (χ1n) is 7.04. The monoisotopic (exact) mass is 298 g/mol. The fourth-order valence-electron chi connectivity index (χ4n) is 2.67. The first kappa shape index (κ1) is 15.9. The van der Waals surface area contributed by atoms with Gasteiger partial charge in [0.2, 0.25) is 0 Å². The zero-order valence-corrected chi connectivity index (χ0v) is 12.1. The minimum Gasteiger partial charge on any atom is -0.481 e. The van der Waals surface area contributed by atoms with Crippen molar-refractivity contribution >= 4 is 5.97 Å². The van der Waals surface area contributed by atoms with Crippen molar-refractivity contribution in [1.29, 1.82) is 0 Å². The maximum Gasteiger partial charge on any atom is 0.304 e. The molecule has 4 nitrogen and oxygen atoms in total. The Morgan fingerprint density at radius 1 is 1.29 bits per heavy atom. The van der Waals surface area contributed by atoms with Crippen molar-refractivity contribution in [3.63, 3.8) is 0 Å². The lowest BCUT2D eigenvalue weighted by Gasteiger charge is -2.37. The molecule has 0 bridgehead atoms. The Morgan fingerprint density at radius 3 is 2.57 bits per heavy atom. The van der Waals surface area contributed by atoms with Crippen molar-refractivity contribution in [2.24, 2.45) is 0 Å². The number of aliphatic carboxylic acids is 1. The second-order valence-corrected chi connectivity index (χ2v) is 5.53. The molecule has 0 amide bonds. The van der Waals surface area contributed by atoms with E-state index in [4.69, 9.17) is 5.11 Å². The van der Waals surface area contributed by atoms with Crippen LogP contribution in [0.4, 0.5) is 8.78 Å². The van der Waals surface area contributed by atoms with Crippen molar-refractivity contribution in [2.75, 3.05) is 33.2 Å². The number of rotatable bonds is 5. The molecule has 1 saturated heterocycles. The number of nitrogens with zero attached hydrogens (tertiary/aromatic N) is 2. The summed E-state index contributed by atoms with van der Waals surface area (Å²) in [5.41, 5.74) is 0.236. The summed E-state index contributed by atoms with van der Waals surface area (Å²) < 4.78 is 27.0. The molecule has 0 aromatic heterocycles. The highest BCUT2D eigenvalue weighted by Gasteiger charge is 2.25. The zero-order valence-electron chi connectivity index (χ0n) is 12.1. The summed E-state index contributed by atoms with van der Waals surface area (Å²) in [5, 5.41) is 9.06. The van der Waals surface area contributed by atoms with Crippen LogP contribution < -0.4 is 0 Å². The van der Waals surface area contributed by atoms with Gasteiger partial charge in [0.05, 0.1) is 6.42 Å². The third kappa shape index (κ3) is 4.47. The van der Waals surface area contributed by atoms with Gasteiger partial charge in [-0.2, -0.15) is 0 Å². The van der Waals surface area contributed by atoms with Crippen LogP contribution >= 0.6 is 0 Å². The molecule has 1 aliphatic rings. The van der Waals surface area contributed by atoms with E-state index in [1.54, 1.807) is 0 Å². The Morgan fingerprint density at radius 2 is 1.95 bits per heavy atom. The standard InChI is InChI=1S/C15H20F2N2O2/c1-18-4-6-19(7-5-18)13(10-15(20)21)9-11-8-12(16)2-3-14(11)17/h2-3,8,13H,4-7,9-10H2,1H3,(H,20,21). The van der Waals surface area contributed by atoms with Crippen LogP contribution in [0.3, 0.4) is 0 Å². The van der Waals surface area contributed by atoms with Crippen molar-refractivity contribution in [3.05, 3.63) is 35.4 Å². The molecule has 1 aliphatic heterocycles. The van der Waals surface area contributed by atoms with Gasteiger partial charge in [0.15, 0.2) is 0 Å². The molecular weight excluding hydrogens is 278 g/mol. The molecule has 21 heavy (non-hydrogen) atoms. The molecular formula is C15H20F2N2O2. The maximum absolute atomic E-state index is 13.8. The highest BCUT2D eigenvalue weighted by atomic mass is 19.1. The number of piperazine rings is 1. The van der Waals surface area contributed by atoms with E-state index in [1.165, 1.54) is 0 Å². The van der Waals surface area contributed by atoms with Crippen LogP contribution in [0.1, 0.15) is 12.0 Å². The summed E-state index contributed by atoms with van der Waals surface area (Å²) in [5.74, 6) is -1.91. The third-order valence-corrected chi connectivity index (χ3v) is 3.93. The van der Waals surface area contributed by atoms with Crippen LogP contribution in [0.25, 0.3) is 0 Å². The maximum atomic E-state index is 13.8. The summed E-state index contributed by atoms with van der Waals surface area (Å²) in [4.78, 5) is 15.3. The second-order valence-electron chi connectivity index (χ2n) is 5.53. The van der Waals surface area contributed by atoms with Crippen molar-refractivity contribution < 1.29 is 18.7 Å². The number of benzene rings is 1. The number of hydrogen-bond acceptors (Lipinski definition) is 3. The first-order valence-corrected chi connectivity index (χ1v) is 7.04. The van der Waals surface area contributed by atoms with E-state index < -0.39 is 17.6 Å². The summed E-state index contributed by atoms with van der Waals surface area (Å²) in [6.07, 6.45) is 0.138. The van der Waals surface area contributed by atoms with E-state index in [0.717, 1.165) is 44.4 Å². The SMILES string of the molecule is CN1CCN(C(CC(=O)O)Cc2cc(F)ccc2F)CC1. The van der Waals surface area contributed by atoms with Gasteiger partial charge in [-0.25, -0.2) is 8.78 Å². The molecule has 1 heterocycles. The molecule has 1 aromatic carbocycles. The minimum atomic E-state index is -0.921. The van der Waals surface area contributed by atoms with Gasteiger partial charge in [-0.1, -0.05) is 0 Å². The van der Waals surface area contributed by atoms with Gasteiger partial charge in [-0.15, -0.1) is 0 Å². The molecule has 6 heteroatoms. The summed E-state index contributed by atoms with van der Waals surface area (Å²) in [6.45, 7) is 3.18. The largest absolute Gasteiger partial charge is 0.481 e. The molecule has 1 fully saturated rings. The van der Waals surface area contributed by atoms with E-state index in [1.807, 2.05) is 7.05 Å². The number of carboxylic acids is 1. The van der Waals surface area contributed by atoms with E-state index >= 15 is 0 Å². The van der Waals surface area contributed by atoms with Crippen molar-refractivity contribution in [3.8, 4) is 0 Å². The normalized spacial score (nSPS) is 18.6. The fourth-order valence-corrected chi connectivity index (χ4v) is 2.67. The Balaban J connectivity index is 2.12. The second kappa shape index (κ2) is 6.95.